The van der Waals surface area contributed by atoms with E-state index in [1.807, 2.05) is 24.3 Å². The van der Waals surface area contributed by atoms with Gasteiger partial charge in [-0.25, -0.2) is 4.98 Å². The zero-order valence-corrected chi connectivity index (χ0v) is 20.3. The highest BCUT2D eigenvalue weighted by Crippen LogP contribution is 2.57. The molecular weight excluding hydrogens is 460 g/mol. The number of nitrogens with one attached hydrogen (secondary N) is 1. The molecule has 3 heterocycles. The number of ether oxygens (including phenoxy) is 2. The summed E-state index contributed by atoms with van der Waals surface area (Å²) in [5.74, 6) is 0.592. The molecule has 2 aromatic heterocycles. The van der Waals surface area contributed by atoms with Gasteiger partial charge >= 0.3 is 0 Å². The van der Waals surface area contributed by atoms with Crippen molar-refractivity contribution in [2.75, 3.05) is 40.0 Å². The highest BCUT2D eigenvalue weighted by atomic mass is 16.5. The average molecular weight is 491 g/mol. The Morgan fingerprint density at radius 3 is 2.53 bits per heavy atom. The number of fused-ring (bicyclic) bond motifs is 1. The van der Waals surface area contributed by atoms with Gasteiger partial charge in [-0.05, 0) is 48.9 Å². The van der Waals surface area contributed by atoms with Crippen LogP contribution in [0.3, 0.4) is 0 Å². The molecule has 0 unspecified atom stereocenters. The van der Waals surface area contributed by atoms with Crippen LogP contribution in [0, 0.1) is 5.92 Å². The van der Waals surface area contributed by atoms with Gasteiger partial charge in [-0.2, -0.15) is 0 Å². The summed E-state index contributed by atoms with van der Waals surface area (Å²) in [6, 6.07) is 9.31. The van der Waals surface area contributed by atoms with E-state index < -0.39 is 11.5 Å². The van der Waals surface area contributed by atoms with Gasteiger partial charge in [0.05, 0.1) is 25.7 Å². The lowest BCUT2D eigenvalue weighted by Gasteiger charge is -2.61. The second-order valence-corrected chi connectivity index (χ2v) is 10.2. The van der Waals surface area contributed by atoms with Crippen molar-refractivity contribution in [3.63, 3.8) is 0 Å². The zero-order valence-electron chi connectivity index (χ0n) is 20.3. The number of nitrogens with zero attached hydrogens (tertiary/aromatic N) is 3. The standard InChI is InChI=1S/C27H30N4O5/c1-35-20-4-2-18(3-5-20)19-12-21-23(32)22(25(33)29-27-13-17(14-27)15-27)26(34)31(24(21)28-16-19)7-6-30-8-10-36-11-9-30/h2-5,12,16-17,32H,6-11,13-15H2,1H3,(H,29,33). The van der Waals surface area contributed by atoms with Crippen LogP contribution in [0.15, 0.2) is 41.3 Å². The van der Waals surface area contributed by atoms with Crippen molar-refractivity contribution < 1.29 is 19.4 Å². The first-order valence-corrected chi connectivity index (χ1v) is 12.5. The van der Waals surface area contributed by atoms with E-state index in [0.29, 0.717) is 43.3 Å². The maximum Gasteiger partial charge on any atom is 0.268 e. The molecule has 0 radical (unpaired) electrons. The van der Waals surface area contributed by atoms with E-state index >= 15 is 0 Å². The Morgan fingerprint density at radius 1 is 1.17 bits per heavy atom. The molecule has 0 spiro atoms. The van der Waals surface area contributed by atoms with Gasteiger partial charge in [0.2, 0.25) is 0 Å². The largest absolute Gasteiger partial charge is 0.506 e. The predicted octanol–water partition coefficient (Wildman–Crippen LogP) is 2.39. The van der Waals surface area contributed by atoms with Gasteiger partial charge < -0.3 is 19.9 Å². The minimum atomic E-state index is -0.512. The van der Waals surface area contributed by atoms with Gasteiger partial charge in [0.25, 0.3) is 11.5 Å². The number of morpholine rings is 1. The van der Waals surface area contributed by atoms with E-state index in [1.165, 1.54) is 4.57 Å². The van der Waals surface area contributed by atoms with Crippen LogP contribution in [-0.4, -0.2) is 71.0 Å². The van der Waals surface area contributed by atoms with Gasteiger partial charge in [0, 0.05) is 43.5 Å². The molecule has 1 amide bonds. The van der Waals surface area contributed by atoms with E-state index in [4.69, 9.17) is 9.47 Å². The number of hydrogen-bond acceptors (Lipinski definition) is 7. The molecule has 9 nitrogen and oxygen atoms in total. The van der Waals surface area contributed by atoms with Crippen LogP contribution in [0.4, 0.5) is 0 Å². The molecule has 3 saturated carbocycles. The monoisotopic (exact) mass is 490 g/mol. The summed E-state index contributed by atoms with van der Waals surface area (Å²) in [6.07, 6.45) is 4.53. The third kappa shape index (κ3) is 3.92. The first-order chi connectivity index (χ1) is 17.5. The van der Waals surface area contributed by atoms with E-state index in [9.17, 15) is 14.7 Å². The van der Waals surface area contributed by atoms with Crippen LogP contribution < -0.4 is 15.6 Å². The Bertz CT molecular complexity index is 1360. The maximum atomic E-state index is 13.6. The quantitative estimate of drug-likeness (QED) is 0.524. The molecule has 36 heavy (non-hydrogen) atoms. The lowest BCUT2D eigenvalue weighted by Crippen LogP contribution is -2.68. The molecular formula is C27H30N4O5. The summed E-state index contributed by atoms with van der Waals surface area (Å²) >= 11 is 0. The minimum Gasteiger partial charge on any atom is -0.506 e. The Labute approximate surface area is 208 Å². The van der Waals surface area contributed by atoms with Gasteiger partial charge in [-0.15, -0.1) is 0 Å². The summed E-state index contributed by atoms with van der Waals surface area (Å²) < 4.78 is 12.2. The SMILES string of the molecule is COc1ccc(-c2cnc3c(c2)c(O)c(C(=O)NC24CC(C2)C4)c(=O)n3CCN2CCOCC2)cc1. The fraction of sp³-hybridized carbons (Fsp3) is 0.444. The van der Waals surface area contributed by atoms with Crippen molar-refractivity contribution in [2.24, 2.45) is 5.92 Å². The van der Waals surface area contributed by atoms with E-state index in [-0.39, 0.29) is 16.9 Å². The topological polar surface area (TPSA) is 106 Å². The number of benzene rings is 1. The number of amides is 1. The number of aromatic hydroxyl groups is 1. The molecule has 2 bridgehead atoms. The van der Waals surface area contributed by atoms with Crippen molar-refractivity contribution in [3.05, 3.63) is 52.4 Å². The number of methoxy groups -OCH3 is 1. The number of hydrogen-bond donors (Lipinski definition) is 2. The summed E-state index contributed by atoms with van der Waals surface area (Å²) in [7, 11) is 1.61. The second-order valence-electron chi connectivity index (χ2n) is 10.2. The molecule has 3 aliphatic carbocycles. The molecule has 188 valence electrons. The molecule has 0 atom stereocenters. The van der Waals surface area contributed by atoms with E-state index in [0.717, 1.165) is 49.2 Å². The first-order valence-electron chi connectivity index (χ1n) is 12.5. The smallest absolute Gasteiger partial charge is 0.268 e. The number of aromatic nitrogens is 2. The normalized spacial score (nSPS) is 23.1. The Balaban J connectivity index is 1.42. The molecule has 4 fully saturated rings. The van der Waals surface area contributed by atoms with Gasteiger partial charge in [-0.1, -0.05) is 12.1 Å². The molecule has 4 aliphatic rings. The summed E-state index contributed by atoms with van der Waals surface area (Å²) in [5.41, 5.74) is 1.09. The molecule has 3 aromatic rings. The molecule has 1 aromatic carbocycles. The van der Waals surface area contributed by atoms with Crippen molar-refractivity contribution in [1.29, 1.82) is 0 Å². The van der Waals surface area contributed by atoms with Crippen LogP contribution in [0.1, 0.15) is 29.6 Å². The van der Waals surface area contributed by atoms with Crippen molar-refractivity contribution in [2.45, 2.75) is 31.3 Å². The molecule has 9 heteroatoms. The van der Waals surface area contributed by atoms with Crippen LogP contribution >= 0.6 is 0 Å². The minimum absolute atomic E-state index is 0.206. The number of carbonyl (C=O) groups excluding carboxylic acids is 1. The van der Waals surface area contributed by atoms with Gasteiger partial charge in [0.1, 0.15) is 22.7 Å². The van der Waals surface area contributed by atoms with Crippen LogP contribution in [0.5, 0.6) is 11.5 Å². The number of carbonyl (C=O) groups is 1. The molecule has 2 N–H and O–H groups in total. The number of pyridine rings is 2. The Kier molecular flexibility index (Phi) is 5.69. The average Bonchev–Trinajstić information content (AvgIpc) is 2.86. The van der Waals surface area contributed by atoms with Crippen LogP contribution in [0.2, 0.25) is 0 Å². The summed E-state index contributed by atoms with van der Waals surface area (Å²) in [6.45, 7) is 3.88. The van der Waals surface area contributed by atoms with Crippen molar-refractivity contribution in [3.8, 4) is 22.6 Å². The number of rotatable bonds is 7. The third-order valence-electron chi connectivity index (χ3n) is 7.88. The highest BCUT2D eigenvalue weighted by Gasteiger charge is 2.57. The molecule has 1 aliphatic heterocycles. The molecule has 1 saturated heterocycles. The van der Waals surface area contributed by atoms with Crippen molar-refractivity contribution in [1.82, 2.24) is 19.8 Å². The van der Waals surface area contributed by atoms with Gasteiger partial charge in [0.15, 0.2) is 0 Å². The van der Waals surface area contributed by atoms with E-state index in [2.05, 4.69) is 15.2 Å². The molecule has 7 rings (SSSR count). The predicted molar refractivity (Wildman–Crippen MR) is 134 cm³/mol. The third-order valence-corrected chi connectivity index (χ3v) is 7.88. The summed E-state index contributed by atoms with van der Waals surface area (Å²) in [5, 5.41) is 14.7. The maximum absolute atomic E-state index is 13.6. The zero-order chi connectivity index (χ0) is 24.9. The second kappa shape index (κ2) is 8.90. The van der Waals surface area contributed by atoms with Crippen LogP contribution in [0.25, 0.3) is 22.2 Å². The van der Waals surface area contributed by atoms with Crippen molar-refractivity contribution >= 4 is 16.9 Å². The lowest BCUT2D eigenvalue weighted by molar-refractivity contribution is -0.0439. The van der Waals surface area contributed by atoms with Crippen LogP contribution in [-0.2, 0) is 11.3 Å². The fourth-order valence-electron chi connectivity index (χ4n) is 5.67. The van der Waals surface area contributed by atoms with E-state index in [1.54, 1.807) is 19.4 Å². The fourth-order valence-corrected chi connectivity index (χ4v) is 5.67. The lowest BCUT2D eigenvalue weighted by atomic mass is 9.50. The van der Waals surface area contributed by atoms with Gasteiger partial charge in [-0.3, -0.25) is 19.1 Å². The Morgan fingerprint density at radius 2 is 1.89 bits per heavy atom. The summed E-state index contributed by atoms with van der Waals surface area (Å²) in [4.78, 5) is 33.7. The highest BCUT2D eigenvalue weighted by molar-refractivity contribution is 6.02. The first kappa shape index (κ1) is 23.0. The Hall–Kier alpha value is -3.43.